The molecule has 2 atom stereocenters. The maximum Gasteiger partial charge on any atom is 0.276 e. The summed E-state index contributed by atoms with van der Waals surface area (Å²) in [7, 11) is 0. The minimum Gasteiger partial charge on any atom is -0.391 e. The van der Waals surface area contributed by atoms with Gasteiger partial charge in [-0.25, -0.2) is 0 Å². The van der Waals surface area contributed by atoms with Gasteiger partial charge in [0.25, 0.3) is 5.69 Å². The highest BCUT2D eigenvalue weighted by Gasteiger charge is 2.23. The first-order chi connectivity index (χ1) is 9.68. The molecule has 1 aliphatic rings. The standard InChI is InChI=1S/C14H19N3O3/c18-14-10-16-9-12(14)8-15-7-3-5-11-4-1-2-6-13(11)17(19)20/h1-6,12,14-16,18H,7-10H2/b5-3+. The van der Waals surface area contributed by atoms with Gasteiger partial charge in [-0.15, -0.1) is 0 Å². The number of rotatable bonds is 6. The summed E-state index contributed by atoms with van der Waals surface area (Å²) in [5.41, 5.74) is 0.709. The summed E-state index contributed by atoms with van der Waals surface area (Å²) >= 11 is 0. The van der Waals surface area contributed by atoms with Crippen LogP contribution >= 0.6 is 0 Å². The molecule has 0 spiro atoms. The molecule has 1 aromatic rings. The van der Waals surface area contributed by atoms with Crippen LogP contribution in [0.4, 0.5) is 5.69 Å². The van der Waals surface area contributed by atoms with Gasteiger partial charge < -0.3 is 15.7 Å². The molecule has 6 heteroatoms. The van der Waals surface area contributed by atoms with E-state index in [0.717, 1.165) is 13.1 Å². The Morgan fingerprint density at radius 2 is 2.25 bits per heavy atom. The SMILES string of the molecule is O=[N+]([O-])c1ccccc1/C=C/CNCC1CNCC1O. The quantitative estimate of drug-likeness (QED) is 0.406. The third kappa shape index (κ3) is 3.86. The lowest BCUT2D eigenvalue weighted by Crippen LogP contribution is -2.30. The predicted octanol–water partition coefficient (Wildman–Crippen LogP) is 0.778. The van der Waals surface area contributed by atoms with Crippen LogP contribution < -0.4 is 10.6 Å². The van der Waals surface area contributed by atoms with Crippen LogP contribution in [0, 0.1) is 16.0 Å². The van der Waals surface area contributed by atoms with Crippen LogP contribution in [0.15, 0.2) is 30.3 Å². The number of nitrogens with one attached hydrogen (secondary N) is 2. The molecule has 0 aromatic heterocycles. The smallest absolute Gasteiger partial charge is 0.276 e. The number of aliphatic hydroxyl groups is 1. The predicted molar refractivity (Wildman–Crippen MR) is 77.4 cm³/mol. The second kappa shape index (κ2) is 7.14. The van der Waals surface area contributed by atoms with Gasteiger partial charge in [-0.1, -0.05) is 24.3 Å². The van der Waals surface area contributed by atoms with Gasteiger partial charge in [0.1, 0.15) is 0 Å². The minimum absolute atomic E-state index is 0.110. The zero-order valence-electron chi connectivity index (χ0n) is 11.2. The van der Waals surface area contributed by atoms with Crippen LogP contribution in [0.25, 0.3) is 6.08 Å². The van der Waals surface area contributed by atoms with E-state index in [0.29, 0.717) is 18.7 Å². The number of para-hydroxylation sites is 1. The van der Waals surface area contributed by atoms with Crippen molar-refractivity contribution >= 4 is 11.8 Å². The fraction of sp³-hybridized carbons (Fsp3) is 0.429. The lowest BCUT2D eigenvalue weighted by molar-refractivity contribution is -0.385. The fourth-order valence-corrected chi connectivity index (χ4v) is 2.26. The minimum atomic E-state index is -0.381. The van der Waals surface area contributed by atoms with Crippen molar-refractivity contribution in [3.63, 3.8) is 0 Å². The maximum absolute atomic E-state index is 10.8. The van der Waals surface area contributed by atoms with Gasteiger partial charge in [0.05, 0.1) is 16.6 Å². The Kier molecular flexibility index (Phi) is 5.23. The average molecular weight is 277 g/mol. The number of β-amino-alcohol motifs (C(OH)–C–C–N with tert-alkyl or cyclic N) is 1. The largest absolute Gasteiger partial charge is 0.391 e. The van der Waals surface area contributed by atoms with Crippen molar-refractivity contribution in [1.29, 1.82) is 0 Å². The van der Waals surface area contributed by atoms with E-state index >= 15 is 0 Å². The molecule has 0 aliphatic carbocycles. The first-order valence-corrected chi connectivity index (χ1v) is 6.68. The van der Waals surface area contributed by atoms with E-state index in [-0.39, 0.29) is 22.6 Å². The van der Waals surface area contributed by atoms with E-state index in [4.69, 9.17) is 0 Å². The van der Waals surface area contributed by atoms with Crippen molar-refractivity contribution in [2.24, 2.45) is 5.92 Å². The summed E-state index contributed by atoms with van der Waals surface area (Å²) < 4.78 is 0. The van der Waals surface area contributed by atoms with E-state index in [1.165, 1.54) is 6.07 Å². The lowest BCUT2D eigenvalue weighted by Gasteiger charge is -2.12. The van der Waals surface area contributed by atoms with E-state index in [1.54, 1.807) is 24.3 Å². The molecule has 2 unspecified atom stereocenters. The molecule has 1 aromatic carbocycles. The second-order valence-electron chi connectivity index (χ2n) is 4.86. The Labute approximate surface area is 117 Å². The number of aliphatic hydroxyl groups excluding tert-OH is 1. The molecule has 108 valence electrons. The lowest BCUT2D eigenvalue weighted by atomic mass is 10.1. The van der Waals surface area contributed by atoms with Gasteiger partial charge >= 0.3 is 0 Å². The normalized spacial score (nSPS) is 22.4. The van der Waals surface area contributed by atoms with Crippen LogP contribution in [0.5, 0.6) is 0 Å². The third-order valence-electron chi connectivity index (χ3n) is 3.40. The molecule has 0 amide bonds. The molecular weight excluding hydrogens is 258 g/mol. The zero-order valence-corrected chi connectivity index (χ0v) is 11.2. The Morgan fingerprint density at radius 1 is 1.45 bits per heavy atom. The average Bonchev–Trinajstić information content (AvgIpc) is 2.84. The zero-order chi connectivity index (χ0) is 14.4. The molecular formula is C14H19N3O3. The molecule has 3 N–H and O–H groups in total. The molecule has 0 radical (unpaired) electrons. The third-order valence-corrected chi connectivity index (χ3v) is 3.40. The van der Waals surface area contributed by atoms with Crippen LogP contribution in [-0.2, 0) is 0 Å². The van der Waals surface area contributed by atoms with E-state index < -0.39 is 0 Å². The summed E-state index contributed by atoms with van der Waals surface area (Å²) in [6, 6.07) is 6.65. The first-order valence-electron chi connectivity index (χ1n) is 6.68. The van der Waals surface area contributed by atoms with Gasteiger partial charge in [-0.3, -0.25) is 10.1 Å². The van der Waals surface area contributed by atoms with Gasteiger partial charge in [0.2, 0.25) is 0 Å². The van der Waals surface area contributed by atoms with Crippen LogP contribution in [0.1, 0.15) is 5.56 Å². The molecule has 6 nitrogen and oxygen atoms in total. The number of nitro groups is 1. The molecule has 20 heavy (non-hydrogen) atoms. The Hall–Kier alpha value is -1.76. The van der Waals surface area contributed by atoms with E-state index in [2.05, 4.69) is 10.6 Å². The highest BCUT2D eigenvalue weighted by molar-refractivity contribution is 5.60. The number of benzene rings is 1. The van der Waals surface area contributed by atoms with E-state index in [9.17, 15) is 15.2 Å². The summed E-state index contributed by atoms with van der Waals surface area (Å²) in [6.07, 6.45) is 3.31. The number of nitrogens with zero attached hydrogens (tertiary/aromatic N) is 1. The van der Waals surface area contributed by atoms with Gasteiger partial charge in [0, 0.05) is 38.2 Å². The topological polar surface area (TPSA) is 87.4 Å². The van der Waals surface area contributed by atoms with Crippen molar-refractivity contribution in [2.75, 3.05) is 26.2 Å². The summed E-state index contributed by atoms with van der Waals surface area (Å²) in [4.78, 5) is 10.5. The van der Waals surface area contributed by atoms with Crippen molar-refractivity contribution < 1.29 is 10.0 Å². The number of nitro benzene ring substituents is 1. The Balaban J connectivity index is 1.80. The second-order valence-corrected chi connectivity index (χ2v) is 4.86. The van der Waals surface area contributed by atoms with Crippen molar-refractivity contribution in [3.8, 4) is 0 Å². The van der Waals surface area contributed by atoms with Gasteiger partial charge in [0.15, 0.2) is 0 Å². The molecule has 1 fully saturated rings. The Bertz CT molecular complexity index is 490. The maximum atomic E-state index is 10.8. The molecule has 2 rings (SSSR count). The van der Waals surface area contributed by atoms with Crippen LogP contribution in [-0.4, -0.2) is 42.3 Å². The van der Waals surface area contributed by atoms with E-state index in [1.807, 2.05) is 6.08 Å². The summed E-state index contributed by atoms with van der Waals surface area (Å²) in [5, 5.41) is 26.8. The fourth-order valence-electron chi connectivity index (χ4n) is 2.26. The molecule has 1 heterocycles. The van der Waals surface area contributed by atoms with Crippen LogP contribution in [0.2, 0.25) is 0 Å². The van der Waals surface area contributed by atoms with Gasteiger partial charge in [-0.2, -0.15) is 0 Å². The van der Waals surface area contributed by atoms with Crippen molar-refractivity contribution in [1.82, 2.24) is 10.6 Å². The highest BCUT2D eigenvalue weighted by Crippen LogP contribution is 2.18. The van der Waals surface area contributed by atoms with Gasteiger partial charge in [-0.05, 0) is 6.07 Å². The Morgan fingerprint density at radius 3 is 2.95 bits per heavy atom. The monoisotopic (exact) mass is 277 g/mol. The molecule has 1 saturated heterocycles. The van der Waals surface area contributed by atoms with Crippen molar-refractivity contribution in [2.45, 2.75) is 6.10 Å². The number of hydrogen-bond donors (Lipinski definition) is 3. The molecule has 0 saturated carbocycles. The van der Waals surface area contributed by atoms with Crippen LogP contribution in [0.3, 0.4) is 0 Å². The molecule has 0 bridgehead atoms. The molecule has 1 aliphatic heterocycles. The summed E-state index contributed by atoms with van der Waals surface area (Å²) in [6.45, 7) is 2.82. The summed E-state index contributed by atoms with van der Waals surface area (Å²) in [5.74, 6) is 0.231. The highest BCUT2D eigenvalue weighted by atomic mass is 16.6. The number of hydrogen-bond acceptors (Lipinski definition) is 5. The van der Waals surface area contributed by atoms with Crippen molar-refractivity contribution in [3.05, 3.63) is 46.0 Å². The first kappa shape index (κ1) is 14.6.